The second-order valence-corrected chi connectivity index (χ2v) is 8.67. The van der Waals surface area contributed by atoms with Crippen LogP contribution in [-0.2, 0) is 13.1 Å². The number of aromatic nitrogens is 1. The summed E-state index contributed by atoms with van der Waals surface area (Å²) in [7, 11) is 7.11. The smallest absolute Gasteiger partial charge is 0.258 e. The lowest BCUT2D eigenvalue weighted by molar-refractivity contribution is 0.0951. The number of carbonyl (C=O) groups excluding carboxylic acids is 1. The normalized spacial score (nSPS) is 11.0. The highest BCUT2D eigenvalue weighted by Crippen LogP contribution is 2.33. The van der Waals surface area contributed by atoms with Gasteiger partial charge >= 0.3 is 0 Å². The van der Waals surface area contributed by atoms with Crippen LogP contribution in [0.2, 0.25) is 0 Å². The molecule has 35 heavy (non-hydrogen) atoms. The number of ether oxygens (including phenoxy) is 2. The molecule has 0 aliphatic rings. The second kappa shape index (κ2) is 12.6. The predicted molar refractivity (Wildman–Crippen MR) is 143 cm³/mol. The third-order valence-corrected chi connectivity index (χ3v) is 6.17. The summed E-state index contributed by atoms with van der Waals surface area (Å²) in [5, 5.41) is 4.04. The Bertz CT molecular complexity index is 1220. The highest BCUT2D eigenvalue weighted by molar-refractivity contribution is 6.07. The van der Waals surface area contributed by atoms with Crippen molar-refractivity contribution >= 4 is 29.1 Å². The quantitative estimate of drug-likeness (QED) is 0.432. The highest BCUT2D eigenvalue weighted by atomic mass is 35.5. The van der Waals surface area contributed by atoms with E-state index in [2.05, 4.69) is 16.3 Å². The van der Waals surface area contributed by atoms with Gasteiger partial charge in [0.2, 0.25) is 0 Å². The van der Waals surface area contributed by atoms with Crippen LogP contribution < -0.4 is 20.3 Å². The van der Waals surface area contributed by atoms with E-state index in [1.165, 1.54) is 14.2 Å². The number of hydrogen-bond donors (Lipinski definition) is 1. The zero-order chi connectivity index (χ0) is 24.8. The van der Waals surface area contributed by atoms with Crippen molar-refractivity contribution in [3.05, 3.63) is 69.6 Å². The molecule has 0 saturated heterocycles. The fourth-order valence-electron chi connectivity index (χ4n) is 4.31. The topological polar surface area (TPSA) is 72.8 Å². The number of benzene rings is 2. The van der Waals surface area contributed by atoms with Crippen molar-refractivity contribution in [3.8, 4) is 11.5 Å². The molecule has 0 unspecified atom stereocenters. The van der Waals surface area contributed by atoms with E-state index >= 15 is 0 Å². The minimum atomic E-state index is -0.239. The molecular weight excluding hydrogens is 466 g/mol. The van der Waals surface area contributed by atoms with Gasteiger partial charge in [-0.05, 0) is 50.2 Å². The Morgan fingerprint density at radius 1 is 1.00 bits per heavy atom. The van der Waals surface area contributed by atoms with Crippen molar-refractivity contribution in [2.45, 2.75) is 45.8 Å². The molecule has 0 radical (unpaired) electrons. The monoisotopic (exact) mass is 501 g/mol. The van der Waals surface area contributed by atoms with E-state index in [-0.39, 0.29) is 29.9 Å². The fraction of sp³-hybridized carbons (Fsp3) is 0.407. The van der Waals surface area contributed by atoms with Crippen LogP contribution in [-0.4, -0.2) is 43.7 Å². The molecule has 0 fully saturated rings. The van der Waals surface area contributed by atoms with Crippen LogP contribution in [0, 0.1) is 0 Å². The number of nitrogens with one attached hydrogen (secondary N) is 1. The van der Waals surface area contributed by atoms with Gasteiger partial charge in [0.1, 0.15) is 0 Å². The zero-order valence-electron chi connectivity index (χ0n) is 21.4. The van der Waals surface area contributed by atoms with Crippen molar-refractivity contribution < 1.29 is 14.3 Å². The first-order valence-electron chi connectivity index (χ1n) is 11.6. The molecule has 3 aromatic rings. The molecule has 0 saturated carbocycles. The average molecular weight is 502 g/mol. The van der Waals surface area contributed by atoms with Crippen molar-refractivity contribution in [2.75, 3.05) is 28.3 Å². The molecule has 1 aromatic heterocycles. The summed E-state index contributed by atoms with van der Waals surface area (Å²) in [6.45, 7) is 5.26. The minimum absolute atomic E-state index is 0. The van der Waals surface area contributed by atoms with Gasteiger partial charge in [-0.25, -0.2) is 0 Å². The summed E-state index contributed by atoms with van der Waals surface area (Å²) >= 11 is 0. The van der Waals surface area contributed by atoms with Crippen molar-refractivity contribution in [1.82, 2.24) is 14.8 Å². The van der Waals surface area contributed by atoms with Crippen molar-refractivity contribution in [3.63, 3.8) is 0 Å². The van der Waals surface area contributed by atoms with Crippen LogP contribution in [0.15, 0.2) is 47.4 Å². The lowest BCUT2D eigenvalue weighted by Gasteiger charge is -2.20. The maximum absolute atomic E-state index is 13.5. The van der Waals surface area contributed by atoms with E-state index in [0.29, 0.717) is 34.4 Å². The average Bonchev–Trinajstić information content (AvgIpc) is 2.84. The van der Waals surface area contributed by atoms with Gasteiger partial charge in [-0.2, -0.15) is 0 Å². The van der Waals surface area contributed by atoms with Gasteiger partial charge in [-0.3, -0.25) is 9.59 Å². The number of nitrogens with zero attached hydrogens (tertiary/aromatic N) is 2. The van der Waals surface area contributed by atoms with E-state index in [1.54, 1.807) is 22.9 Å². The minimum Gasteiger partial charge on any atom is -0.493 e. The number of carbonyl (C=O) groups is 1. The first kappa shape index (κ1) is 28.2. The molecule has 0 bridgehead atoms. The largest absolute Gasteiger partial charge is 0.493 e. The van der Waals surface area contributed by atoms with E-state index in [0.717, 1.165) is 30.5 Å². The van der Waals surface area contributed by atoms with Gasteiger partial charge in [-0.1, -0.05) is 38.1 Å². The van der Waals surface area contributed by atoms with Crippen LogP contribution in [0.3, 0.4) is 0 Å². The third-order valence-electron chi connectivity index (χ3n) is 6.17. The molecule has 1 heterocycles. The van der Waals surface area contributed by atoms with Crippen LogP contribution in [0.1, 0.15) is 54.2 Å². The number of amides is 1. The van der Waals surface area contributed by atoms with Gasteiger partial charge in [0, 0.05) is 30.7 Å². The SMILES string of the molecule is CCC(CC)n1cc(C(=O)NCc2ccccc2CN(C)C)c2cc(OC)c(OC)cc2c1=O.Cl. The molecule has 7 nitrogen and oxygen atoms in total. The van der Waals surface area contributed by atoms with E-state index in [4.69, 9.17) is 9.47 Å². The Morgan fingerprint density at radius 2 is 1.57 bits per heavy atom. The second-order valence-electron chi connectivity index (χ2n) is 8.67. The van der Waals surface area contributed by atoms with Gasteiger partial charge in [0.25, 0.3) is 11.5 Å². The number of rotatable bonds is 10. The molecule has 0 aliphatic carbocycles. The lowest BCUT2D eigenvalue weighted by Crippen LogP contribution is -2.29. The summed E-state index contributed by atoms with van der Waals surface area (Å²) in [6, 6.07) is 11.4. The zero-order valence-corrected chi connectivity index (χ0v) is 22.2. The summed E-state index contributed by atoms with van der Waals surface area (Å²) in [5.41, 5.74) is 2.51. The Morgan fingerprint density at radius 3 is 2.11 bits per heavy atom. The Labute approximate surface area is 213 Å². The molecule has 0 spiro atoms. The molecule has 1 N–H and O–H groups in total. The van der Waals surface area contributed by atoms with E-state index in [9.17, 15) is 9.59 Å². The van der Waals surface area contributed by atoms with Gasteiger partial charge in [0.15, 0.2) is 11.5 Å². The molecule has 0 atom stereocenters. The van der Waals surface area contributed by atoms with Gasteiger partial charge in [0.05, 0.1) is 25.2 Å². The predicted octanol–water partition coefficient (Wildman–Crippen LogP) is 4.79. The summed E-state index contributed by atoms with van der Waals surface area (Å²) in [5.74, 6) is 0.690. The Hall–Kier alpha value is -3.03. The molecular formula is C27H36ClN3O4. The lowest BCUT2D eigenvalue weighted by atomic mass is 10.0. The van der Waals surface area contributed by atoms with E-state index in [1.807, 2.05) is 46.1 Å². The van der Waals surface area contributed by atoms with Crippen LogP contribution in [0.25, 0.3) is 10.8 Å². The number of hydrogen-bond acceptors (Lipinski definition) is 5. The molecule has 190 valence electrons. The summed E-state index contributed by atoms with van der Waals surface area (Å²) in [4.78, 5) is 29.0. The van der Waals surface area contributed by atoms with Crippen LogP contribution in [0.5, 0.6) is 11.5 Å². The Kier molecular flexibility index (Phi) is 10.2. The standard InChI is InChI=1S/C27H35N3O4.ClH/c1-7-20(8-2)30-17-23(21-13-24(33-5)25(34-6)14-22(21)27(30)32)26(31)28-15-18-11-9-10-12-19(18)16-29(3)4;/h9-14,17,20H,7-8,15-16H2,1-6H3,(H,28,31);1H. The molecule has 8 heteroatoms. The maximum Gasteiger partial charge on any atom is 0.258 e. The highest BCUT2D eigenvalue weighted by Gasteiger charge is 2.21. The summed E-state index contributed by atoms with van der Waals surface area (Å²) in [6.07, 6.45) is 3.26. The number of pyridine rings is 1. The number of fused-ring (bicyclic) bond motifs is 1. The van der Waals surface area contributed by atoms with Gasteiger partial charge < -0.3 is 24.3 Å². The molecule has 3 rings (SSSR count). The van der Waals surface area contributed by atoms with Gasteiger partial charge in [-0.15, -0.1) is 12.4 Å². The third kappa shape index (κ3) is 6.16. The number of halogens is 1. The van der Waals surface area contributed by atoms with Crippen molar-refractivity contribution in [2.24, 2.45) is 0 Å². The fourth-order valence-corrected chi connectivity index (χ4v) is 4.31. The van der Waals surface area contributed by atoms with Crippen molar-refractivity contribution in [1.29, 1.82) is 0 Å². The maximum atomic E-state index is 13.5. The van der Waals surface area contributed by atoms with Crippen LogP contribution in [0.4, 0.5) is 0 Å². The molecule has 1 amide bonds. The Balaban J connectivity index is 0.00000432. The van der Waals surface area contributed by atoms with E-state index < -0.39 is 0 Å². The molecule has 2 aromatic carbocycles. The van der Waals surface area contributed by atoms with Crippen LogP contribution >= 0.6 is 12.4 Å². The number of methoxy groups -OCH3 is 2. The first-order chi connectivity index (χ1) is 16.3. The summed E-state index contributed by atoms with van der Waals surface area (Å²) < 4.78 is 12.6. The first-order valence-corrected chi connectivity index (χ1v) is 11.6. The molecule has 0 aliphatic heterocycles.